The molecule has 0 amide bonds. The second-order valence-electron chi connectivity index (χ2n) is 4.79. The predicted octanol–water partition coefficient (Wildman–Crippen LogP) is 2.68. The van der Waals surface area contributed by atoms with Crippen molar-refractivity contribution in [3.05, 3.63) is 28.2 Å². The van der Waals surface area contributed by atoms with E-state index in [0.717, 1.165) is 12.8 Å². The van der Waals surface area contributed by atoms with Crippen molar-refractivity contribution in [3.8, 4) is 5.75 Å². The van der Waals surface area contributed by atoms with Crippen molar-refractivity contribution < 1.29 is 5.11 Å². The molecule has 0 saturated heterocycles. The van der Waals surface area contributed by atoms with Gasteiger partial charge in [-0.3, -0.25) is 4.79 Å². The highest BCUT2D eigenvalue weighted by Crippen LogP contribution is 2.17. The molecule has 0 saturated carbocycles. The van der Waals surface area contributed by atoms with Crippen LogP contribution in [0.15, 0.2) is 17.1 Å². The van der Waals surface area contributed by atoms with Crippen molar-refractivity contribution in [1.82, 2.24) is 4.57 Å². The van der Waals surface area contributed by atoms with Gasteiger partial charge in [-0.05, 0) is 13.3 Å². The van der Waals surface area contributed by atoms with Crippen LogP contribution in [-0.4, -0.2) is 9.67 Å². The Morgan fingerprint density at radius 3 is 2.67 bits per heavy atom. The van der Waals surface area contributed by atoms with E-state index in [4.69, 9.17) is 5.73 Å². The van der Waals surface area contributed by atoms with Gasteiger partial charge in [0.1, 0.15) is 0 Å². The molecule has 18 heavy (non-hydrogen) atoms. The van der Waals surface area contributed by atoms with E-state index in [-0.39, 0.29) is 17.3 Å². The first-order chi connectivity index (χ1) is 8.57. The molecule has 1 heterocycles. The summed E-state index contributed by atoms with van der Waals surface area (Å²) in [4.78, 5) is 11.2. The number of aromatic nitrogens is 1. The van der Waals surface area contributed by atoms with Crippen molar-refractivity contribution in [2.45, 2.75) is 58.5 Å². The third-order valence-corrected chi connectivity index (χ3v) is 3.31. The van der Waals surface area contributed by atoms with Crippen LogP contribution in [0.25, 0.3) is 0 Å². The lowest BCUT2D eigenvalue weighted by molar-refractivity contribution is 0.413. The molecule has 1 aromatic rings. The predicted molar refractivity (Wildman–Crippen MR) is 73.7 cm³/mol. The van der Waals surface area contributed by atoms with E-state index in [9.17, 15) is 9.90 Å². The average Bonchev–Trinajstić information content (AvgIpc) is 2.35. The smallest absolute Gasteiger partial charge is 0.223 e. The van der Waals surface area contributed by atoms with Gasteiger partial charge in [0.25, 0.3) is 0 Å². The molecule has 1 rings (SSSR count). The molecule has 0 aliphatic rings. The molecular formula is C14H24N2O2. The summed E-state index contributed by atoms with van der Waals surface area (Å²) >= 11 is 0. The summed E-state index contributed by atoms with van der Waals surface area (Å²) in [5, 5.41) is 9.59. The summed E-state index contributed by atoms with van der Waals surface area (Å²) in [5.74, 6) is -0.195. The second kappa shape index (κ2) is 7.21. The first kappa shape index (κ1) is 14.8. The van der Waals surface area contributed by atoms with Gasteiger partial charge >= 0.3 is 0 Å². The van der Waals surface area contributed by atoms with Crippen LogP contribution in [0.4, 0.5) is 0 Å². The number of rotatable bonds is 7. The van der Waals surface area contributed by atoms with Crippen molar-refractivity contribution >= 4 is 0 Å². The van der Waals surface area contributed by atoms with E-state index in [1.165, 1.54) is 31.7 Å². The Labute approximate surface area is 108 Å². The number of hydrogen-bond donors (Lipinski definition) is 2. The number of nitrogens with two attached hydrogens (primary N) is 1. The zero-order chi connectivity index (χ0) is 13.5. The highest BCUT2D eigenvalue weighted by molar-refractivity contribution is 5.25. The van der Waals surface area contributed by atoms with Crippen LogP contribution in [0, 0.1) is 6.92 Å². The molecule has 0 bridgehead atoms. The molecule has 0 fully saturated rings. The summed E-state index contributed by atoms with van der Waals surface area (Å²) < 4.78 is 1.77. The minimum Gasteiger partial charge on any atom is -0.503 e. The topological polar surface area (TPSA) is 68.2 Å². The third kappa shape index (κ3) is 3.88. The zero-order valence-electron chi connectivity index (χ0n) is 11.4. The molecule has 0 aliphatic heterocycles. The molecule has 0 spiro atoms. The highest BCUT2D eigenvalue weighted by atomic mass is 16.3. The summed E-state index contributed by atoms with van der Waals surface area (Å²) in [6, 6.07) is 1.36. The second-order valence-corrected chi connectivity index (χ2v) is 4.79. The third-order valence-electron chi connectivity index (χ3n) is 3.31. The van der Waals surface area contributed by atoms with Crippen LogP contribution in [0.5, 0.6) is 5.75 Å². The van der Waals surface area contributed by atoms with E-state index in [1.807, 2.05) is 0 Å². The molecule has 102 valence electrons. The van der Waals surface area contributed by atoms with Gasteiger partial charge in [-0.15, -0.1) is 0 Å². The molecule has 0 aromatic carbocycles. The quantitative estimate of drug-likeness (QED) is 0.733. The minimum absolute atomic E-state index is 0.168. The monoisotopic (exact) mass is 252 g/mol. The van der Waals surface area contributed by atoms with Gasteiger partial charge in [0.2, 0.25) is 5.43 Å². The maximum atomic E-state index is 11.2. The molecule has 0 radical (unpaired) electrons. The van der Waals surface area contributed by atoms with Crippen LogP contribution in [-0.2, 0) is 0 Å². The Balaban J connectivity index is 2.54. The van der Waals surface area contributed by atoms with Gasteiger partial charge < -0.3 is 15.4 Å². The van der Waals surface area contributed by atoms with Crippen LogP contribution in [0.2, 0.25) is 0 Å². The fraction of sp³-hybridized carbons (Fsp3) is 0.643. The van der Waals surface area contributed by atoms with Crippen LogP contribution in [0.3, 0.4) is 0 Å². The van der Waals surface area contributed by atoms with Gasteiger partial charge in [0, 0.05) is 12.3 Å². The number of hydrogen-bond acceptors (Lipinski definition) is 3. The van der Waals surface area contributed by atoms with Gasteiger partial charge in [0.15, 0.2) is 5.75 Å². The lowest BCUT2D eigenvalue weighted by atomic mass is 10.1. The highest BCUT2D eigenvalue weighted by Gasteiger charge is 2.10. The van der Waals surface area contributed by atoms with E-state index in [2.05, 4.69) is 6.92 Å². The van der Waals surface area contributed by atoms with Crippen molar-refractivity contribution in [1.29, 1.82) is 0 Å². The van der Waals surface area contributed by atoms with E-state index < -0.39 is 0 Å². The fourth-order valence-electron chi connectivity index (χ4n) is 2.09. The number of aromatic hydroxyl groups is 1. The molecule has 0 aliphatic carbocycles. The summed E-state index contributed by atoms with van der Waals surface area (Å²) in [5.41, 5.74) is 6.28. The SMILES string of the molecule is CCCCCCCC(N)n1ccc(=O)c(O)c1C. The molecule has 4 heteroatoms. The maximum absolute atomic E-state index is 11.2. The average molecular weight is 252 g/mol. The Morgan fingerprint density at radius 2 is 2.00 bits per heavy atom. The van der Waals surface area contributed by atoms with Crippen molar-refractivity contribution in [2.75, 3.05) is 0 Å². The summed E-state index contributed by atoms with van der Waals surface area (Å²) in [6.07, 6.45) is 8.38. The van der Waals surface area contributed by atoms with Gasteiger partial charge in [-0.1, -0.05) is 39.0 Å². The van der Waals surface area contributed by atoms with Gasteiger partial charge in [-0.25, -0.2) is 0 Å². The molecular weight excluding hydrogens is 228 g/mol. The lowest BCUT2D eigenvalue weighted by Gasteiger charge is -2.19. The number of unbranched alkanes of at least 4 members (excludes halogenated alkanes) is 4. The summed E-state index contributed by atoms with van der Waals surface area (Å²) in [7, 11) is 0. The Bertz CT molecular complexity index is 426. The molecule has 4 nitrogen and oxygen atoms in total. The Hall–Kier alpha value is -1.29. The van der Waals surface area contributed by atoms with E-state index in [0.29, 0.717) is 5.69 Å². The summed E-state index contributed by atoms with van der Waals surface area (Å²) in [6.45, 7) is 3.91. The molecule has 1 unspecified atom stereocenters. The fourth-order valence-corrected chi connectivity index (χ4v) is 2.09. The van der Waals surface area contributed by atoms with Crippen LogP contribution in [0.1, 0.15) is 57.3 Å². The molecule has 3 N–H and O–H groups in total. The minimum atomic E-state index is -0.348. The van der Waals surface area contributed by atoms with E-state index in [1.54, 1.807) is 17.7 Å². The van der Waals surface area contributed by atoms with Gasteiger partial charge in [0.05, 0.1) is 11.9 Å². The molecule has 1 atom stereocenters. The maximum Gasteiger partial charge on any atom is 0.223 e. The van der Waals surface area contributed by atoms with Crippen LogP contribution >= 0.6 is 0 Å². The molecule has 1 aromatic heterocycles. The largest absolute Gasteiger partial charge is 0.503 e. The van der Waals surface area contributed by atoms with Crippen LogP contribution < -0.4 is 11.2 Å². The first-order valence-electron chi connectivity index (χ1n) is 6.74. The standard InChI is InChI=1S/C14H24N2O2/c1-3-4-5-6-7-8-13(15)16-10-9-12(17)14(18)11(16)2/h9-10,13,18H,3-8,15H2,1-2H3. The Kier molecular flexibility index (Phi) is 5.92. The van der Waals surface area contributed by atoms with Crippen molar-refractivity contribution in [3.63, 3.8) is 0 Å². The zero-order valence-corrected chi connectivity index (χ0v) is 11.4. The van der Waals surface area contributed by atoms with Gasteiger partial charge in [-0.2, -0.15) is 0 Å². The number of pyridine rings is 1. The Morgan fingerprint density at radius 1 is 1.33 bits per heavy atom. The van der Waals surface area contributed by atoms with E-state index >= 15 is 0 Å². The normalized spacial score (nSPS) is 12.6. The first-order valence-corrected chi connectivity index (χ1v) is 6.74. The lowest BCUT2D eigenvalue weighted by Crippen LogP contribution is -2.22. The number of nitrogens with zero attached hydrogens (tertiary/aromatic N) is 1. The van der Waals surface area contributed by atoms with Crippen molar-refractivity contribution in [2.24, 2.45) is 5.73 Å².